The standard InChI is InChI=1S/C15H22N2O3S/c1-2-3-7-17(8-10-18)9-11-21(19,20)15-6-4-5-14(12-15)13-16/h4-6,12,18H,2-3,7-11H2,1H3. The fraction of sp³-hybridized carbons (Fsp3) is 0.533. The van der Waals surface area contributed by atoms with Gasteiger partial charge in [-0.25, -0.2) is 8.42 Å². The van der Waals surface area contributed by atoms with Gasteiger partial charge in [0.25, 0.3) is 0 Å². The molecule has 0 amide bonds. The first-order chi connectivity index (χ1) is 10.0. The number of sulfone groups is 1. The molecule has 21 heavy (non-hydrogen) atoms. The minimum atomic E-state index is -3.41. The Morgan fingerprint density at radius 2 is 2.05 bits per heavy atom. The number of unbranched alkanes of at least 4 members (excludes halogenated alkanes) is 1. The molecule has 0 unspecified atom stereocenters. The van der Waals surface area contributed by atoms with Crippen molar-refractivity contribution in [2.24, 2.45) is 0 Å². The summed E-state index contributed by atoms with van der Waals surface area (Å²) in [6, 6.07) is 8.02. The van der Waals surface area contributed by atoms with Gasteiger partial charge < -0.3 is 10.0 Å². The number of aliphatic hydroxyl groups excluding tert-OH is 1. The van der Waals surface area contributed by atoms with E-state index in [0.717, 1.165) is 19.4 Å². The summed E-state index contributed by atoms with van der Waals surface area (Å²) in [6.07, 6.45) is 2.00. The van der Waals surface area contributed by atoms with Crippen LogP contribution in [0.15, 0.2) is 29.2 Å². The molecule has 0 heterocycles. The molecule has 0 aromatic heterocycles. The lowest BCUT2D eigenvalue weighted by Gasteiger charge is -2.20. The van der Waals surface area contributed by atoms with E-state index >= 15 is 0 Å². The summed E-state index contributed by atoms with van der Waals surface area (Å²) < 4.78 is 24.6. The van der Waals surface area contributed by atoms with Crippen LogP contribution in [-0.2, 0) is 9.84 Å². The van der Waals surface area contributed by atoms with Crippen molar-refractivity contribution in [3.8, 4) is 6.07 Å². The van der Waals surface area contributed by atoms with Gasteiger partial charge in [0.1, 0.15) is 0 Å². The Labute approximate surface area is 126 Å². The number of benzene rings is 1. The van der Waals surface area contributed by atoms with Crippen molar-refractivity contribution in [3.63, 3.8) is 0 Å². The van der Waals surface area contributed by atoms with Crippen molar-refractivity contribution >= 4 is 9.84 Å². The fourth-order valence-corrected chi connectivity index (χ4v) is 3.31. The monoisotopic (exact) mass is 310 g/mol. The second kappa shape index (κ2) is 8.78. The molecule has 5 nitrogen and oxygen atoms in total. The number of hydrogen-bond donors (Lipinski definition) is 1. The number of hydrogen-bond acceptors (Lipinski definition) is 5. The first kappa shape index (κ1) is 17.6. The van der Waals surface area contributed by atoms with E-state index in [1.807, 2.05) is 11.0 Å². The molecule has 0 aliphatic heterocycles. The van der Waals surface area contributed by atoms with E-state index in [-0.39, 0.29) is 17.3 Å². The fourth-order valence-electron chi connectivity index (χ4n) is 1.98. The number of nitrogens with zero attached hydrogens (tertiary/aromatic N) is 2. The summed E-state index contributed by atoms with van der Waals surface area (Å²) in [4.78, 5) is 2.14. The normalized spacial score (nSPS) is 11.5. The van der Waals surface area contributed by atoms with Crippen LogP contribution < -0.4 is 0 Å². The Morgan fingerprint density at radius 1 is 1.29 bits per heavy atom. The molecule has 0 saturated heterocycles. The van der Waals surface area contributed by atoms with E-state index < -0.39 is 9.84 Å². The quantitative estimate of drug-likeness (QED) is 0.746. The van der Waals surface area contributed by atoms with Gasteiger partial charge in [0, 0.05) is 13.1 Å². The highest BCUT2D eigenvalue weighted by Gasteiger charge is 2.16. The third-order valence-electron chi connectivity index (χ3n) is 3.24. The predicted molar refractivity (Wildman–Crippen MR) is 81.6 cm³/mol. The Balaban J connectivity index is 2.72. The molecule has 0 radical (unpaired) electrons. The second-order valence-electron chi connectivity index (χ2n) is 4.88. The van der Waals surface area contributed by atoms with Crippen molar-refractivity contribution in [2.75, 3.05) is 32.0 Å². The van der Waals surface area contributed by atoms with Gasteiger partial charge in [-0.1, -0.05) is 19.4 Å². The topological polar surface area (TPSA) is 81.4 Å². The molecule has 0 spiro atoms. The van der Waals surface area contributed by atoms with Gasteiger partial charge >= 0.3 is 0 Å². The predicted octanol–water partition coefficient (Wildman–Crippen LogP) is 1.43. The molecular formula is C15H22N2O3S. The zero-order chi connectivity index (χ0) is 15.7. The first-order valence-corrected chi connectivity index (χ1v) is 8.75. The van der Waals surface area contributed by atoms with Gasteiger partial charge in [0.05, 0.1) is 28.9 Å². The summed E-state index contributed by atoms with van der Waals surface area (Å²) >= 11 is 0. The largest absolute Gasteiger partial charge is 0.395 e. The van der Waals surface area contributed by atoms with E-state index in [0.29, 0.717) is 18.7 Å². The smallest absolute Gasteiger partial charge is 0.179 e. The molecule has 0 atom stereocenters. The van der Waals surface area contributed by atoms with E-state index in [2.05, 4.69) is 6.92 Å². The van der Waals surface area contributed by atoms with Gasteiger partial charge in [-0.05, 0) is 31.2 Å². The van der Waals surface area contributed by atoms with Gasteiger partial charge in [-0.15, -0.1) is 0 Å². The van der Waals surface area contributed by atoms with Gasteiger partial charge in [0.2, 0.25) is 0 Å². The van der Waals surface area contributed by atoms with Crippen LogP contribution >= 0.6 is 0 Å². The zero-order valence-electron chi connectivity index (χ0n) is 12.3. The Morgan fingerprint density at radius 3 is 2.67 bits per heavy atom. The molecular weight excluding hydrogens is 288 g/mol. The Hall–Kier alpha value is -1.42. The molecule has 116 valence electrons. The van der Waals surface area contributed by atoms with Crippen LogP contribution in [0.1, 0.15) is 25.3 Å². The van der Waals surface area contributed by atoms with Gasteiger partial charge in [0.15, 0.2) is 9.84 Å². The Kier molecular flexibility index (Phi) is 7.37. The highest BCUT2D eigenvalue weighted by Crippen LogP contribution is 2.13. The lowest BCUT2D eigenvalue weighted by molar-refractivity contribution is 0.201. The molecule has 1 aromatic carbocycles. The summed E-state index contributed by atoms with van der Waals surface area (Å²) in [5.74, 6) is -0.00834. The average Bonchev–Trinajstić information content (AvgIpc) is 2.50. The molecule has 6 heteroatoms. The molecule has 0 bridgehead atoms. The van der Waals surface area contributed by atoms with Crippen LogP contribution in [0.3, 0.4) is 0 Å². The minimum Gasteiger partial charge on any atom is -0.395 e. The van der Waals surface area contributed by atoms with Crippen LogP contribution in [0.2, 0.25) is 0 Å². The van der Waals surface area contributed by atoms with Gasteiger partial charge in [-0.3, -0.25) is 0 Å². The van der Waals surface area contributed by atoms with Crippen LogP contribution in [0.5, 0.6) is 0 Å². The summed E-state index contributed by atoms with van der Waals surface area (Å²) in [6.45, 7) is 3.74. The molecule has 0 fully saturated rings. The molecule has 1 rings (SSSR count). The molecule has 0 saturated carbocycles. The third kappa shape index (κ3) is 5.84. The maximum absolute atomic E-state index is 12.3. The van der Waals surface area contributed by atoms with Crippen molar-refractivity contribution in [1.29, 1.82) is 5.26 Å². The number of nitriles is 1. The van der Waals surface area contributed by atoms with E-state index in [4.69, 9.17) is 10.4 Å². The maximum Gasteiger partial charge on any atom is 0.179 e. The lowest BCUT2D eigenvalue weighted by Crippen LogP contribution is -2.32. The zero-order valence-corrected chi connectivity index (χ0v) is 13.1. The van der Waals surface area contributed by atoms with Crippen LogP contribution in [0.4, 0.5) is 0 Å². The van der Waals surface area contributed by atoms with Crippen molar-refractivity contribution in [3.05, 3.63) is 29.8 Å². The van der Waals surface area contributed by atoms with Gasteiger partial charge in [-0.2, -0.15) is 5.26 Å². The molecule has 0 aliphatic rings. The van der Waals surface area contributed by atoms with E-state index in [1.54, 1.807) is 12.1 Å². The van der Waals surface area contributed by atoms with E-state index in [9.17, 15) is 8.42 Å². The summed E-state index contributed by atoms with van der Waals surface area (Å²) in [5, 5.41) is 17.9. The summed E-state index contributed by atoms with van der Waals surface area (Å²) in [7, 11) is -3.41. The van der Waals surface area contributed by atoms with Crippen LogP contribution in [0, 0.1) is 11.3 Å². The first-order valence-electron chi connectivity index (χ1n) is 7.09. The minimum absolute atomic E-state index is 0.00834. The van der Waals surface area contributed by atoms with Crippen molar-refractivity contribution < 1.29 is 13.5 Å². The molecule has 1 N–H and O–H groups in total. The highest BCUT2D eigenvalue weighted by atomic mass is 32.2. The Bertz CT molecular complexity index is 579. The average molecular weight is 310 g/mol. The number of aliphatic hydroxyl groups is 1. The summed E-state index contributed by atoms with van der Waals surface area (Å²) in [5.41, 5.74) is 0.342. The third-order valence-corrected chi connectivity index (χ3v) is 4.93. The van der Waals surface area contributed by atoms with Crippen LogP contribution in [-0.4, -0.2) is 50.4 Å². The van der Waals surface area contributed by atoms with E-state index in [1.165, 1.54) is 12.1 Å². The maximum atomic E-state index is 12.3. The SMILES string of the molecule is CCCCN(CCO)CCS(=O)(=O)c1cccc(C#N)c1. The van der Waals surface area contributed by atoms with Crippen molar-refractivity contribution in [1.82, 2.24) is 4.90 Å². The second-order valence-corrected chi connectivity index (χ2v) is 6.99. The lowest BCUT2D eigenvalue weighted by atomic mass is 10.2. The van der Waals surface area contributed by atoms with Crippen LogP contribution in [0.25, 0.3) is 0 Å². The van der Waals surface area contributed by atoms with Crippen molar-refractivity contribution in [2.45, 2.75) is 24.7 Å². The highest BCUT2D eigenvalue weighted by molar-refractivity contribution is 7.91. The molecule has 1 aromatic rings. The molecule has 0 aliphatic carbocycles. The number of rotatable bonds is 9.